The van der Waals surface area contributed by atoms with Gasteiger partial charge >= 0.3 is 6.25 Å². The van der Waals surface area contributed by atoms with Gasteiger partial charge in [-0.15, -0.1) is 0 Å². The van der Waals surface area contributed by atoms with Crippen molar-refractivity contribution in [1.29, 1.82) is 0 Å². The monoisotopic (exact) mass is 310 g/mol. The van der Waals surface area contributed by atoms with Gasteiger partial charge in [0, 0.05) is 0 Å². The van der Waals surface area contributed by atoms with E-state index in [9.17, 15) is 0 Å². The highest BCUT2D eigenvalue weighted by atomic mass is 35.8. The van der Waals surface area contributed by atoms with E-state index in [2.05, 4.69) is 6.58 Å². The number of ether oxygens (including phenoxy) is 1. The molecule has 17 heavy (non-hydrogen) atoms. The van der Waals surface area contributed by atoms with Crippen LogP contribution in [0.15, 0.2) is 42.7 Å². The van der Waals surface area contributed by atoms with Crippen LogP contribution in [0.3, 0.4) is 0 Å². The van der Waals surface area contributed by atoms with Crippen molar-refractivity contribution >= 4 is 39.5 Å². The minimum atomic E-state index is -3.15. The minimum Gasteiger partial charge on any atom is -0.510 e. The van der Waals surface area contributed by atoms with Crippen molar-refractivity contribution in [3.63, 3.8) is 0 Å². The summed E-state index contributed by atoms with van der Waals surface area (Å²) in [5, 5.41) is 0. The van der Waals surface area contributed by atoms with E-state index in [0.29, 0.717) is 12.4 Å². The van der Waals surface area contributed by atoms with Crippen LogP contribution in [0.5, 0.6) is 0 Å². The Bertz CT molecular complexity index is 365. The summed E-state index contributed by atoms with van der Waals surface area (Å²) in [4.78, 5) is 0. The lowest BCUT2D eigenvalue weighted by Gasteiger charge is -2.20. The number of hydrogen-bond donors (Lipinski definition) is 0. The number of rotatable bonds is 6. The van der Waals surface area contributed by atoms with Crippen molar-refractivity contribution in [3.05, 3.63) is 48.2 Å². The summed E-state index contributed by atoms with van der Waals surface area (Å²) in [6, 6.07) is 9.79. The molecule has 1 aromatic carbocycles. The van der Waals surface area contributed by atoms with Crippen molar-refractivity contribution in [1.82, 2.24) is 0 Å². The summed E-state index contributed by atoms with van der Waals surface area (Å²) in [5.74, 6) is 0.340. The molecule has 94 valence electrons. The van der Waals surface area contributed by atoms with Gasteiger partial charge in [-0.1, -0.05) is 70.1 Å². The molecule has 0 aliphatic carbocycles. The molecule has 0 saturated heterocycles. The molecule has 0 bridgehead atoms. The van der Waals surface area contributed by atoms with E-state index in [1.807, 2.05) is 30.3 Å². The van der Waals surface area contributed by atoms with E-state index in [1.54, 1.807) is 6.92 Å². The highest BCUT2D eigenvalue weighted by Crippen LogP contribution is 2.25. The second-order valence-corrected chi connectivity index (χ2v) is 11.1. The van der Waals surface area contributed by atoms with E-state index >= 15 is 0 Å². The van der Waals surface area contributed by atoms with Crippen molar-refractivity contribution < 1.29 is 9.16 Å². The molecular formula is C11H13Cl3O2Si. The van der Waals surface area contributed by atoms with Crippen molar-refractivity contribution in [3.8, 4) is 0 Å². The first-order chi connectivity index (χ1) is 7.88. The topological polar surface area (TPSA) is 18.5 Å². The number of halogens is 3. The highest BCUT2D eigenvalue weighted by molar-refractivity contribution is 7.62. The molecule has 0 aliphatic rings. The number of hydrogen-bond acceptors (Lipinski definition) is 2. The Morgan fingerprint density at radius 1 is 1.29 bits per heavy atom. The SMILES string of the molecule is C=C(O[Si](Cl)(Cl)Cl)[C@H](C)OCc1ccccc1. The van der Waals surface area contributed by atoms with Crippen LogP contribution in [-0.2, 0) is 15.8 Å². The van der Waals surface area contributed by atoms with Crippen LogP contribution in [-0.4, -0.2) is 12.4 Å². The Kier molecular flexibility index (Phi) is 5.83. The third kappa shape index (κ3) is 6.34. The maximum Gasteiger partial charge on any atom is 0.555 e. The Morgan fingerprint density at radius 3 is 2.41 bits per heavy atom. The standard InChI is InChI=1S/C11H13Cl3O2Si/c1-9(10(2)16-17(12,13)14)15-8-11-6-4-3-5-7-11/h3-7,9H,2,8H2,1H3/t9-/m0/s1. The molecule has 1 rings (SSSR count). The zero-order valence-electron chi connectivity index (χ0n) is 9.33. The second kappa shape index (κ2) is 6.66. The summed E-state index contributed by atoms with van der Waals surface area (Å²) in [5.41, 5.74) is 1.07. The van der Waals surface area contributed by atoms with Gasteiger partial charge in [-0.3, -0.25) is 0 Å². The quantitative estimate of drug-likeness (QED) is 0.444. The molecule has 6 heteroatoms. The lowest BCUT2D eigenvalue weighted by atomic mass is 10.2. The lowest BCUT2D eigenvalue weighted by molar-refractivity contribution is 0.0542. The van der Waals surface area contributed by atoms with E-state index < -0.39 is 6.25 Å². The third-order valence-corrected chi connectivity index (χ3v) is 3.23. The molecule has 1 atom stereocenters. The first-order valence-electron chi connectivity index (χ1n) is 4.98. The maximum atomic E-state index is 5.62. The summed E-state index contributed by atoms with van der Waals surface area (Å²) in [6.07, 6.45) is -3.48. The van der Waals surface area contributed by atoms with Crippen LogP contribution < -0.4 is 0 Å². The molecule has 0 heterocycles. The van der Waals surface area contributed by atoms with Gasteiger partial charge in [0.25, 0.3) is 0 Å². The highest BCUT2D eigenvalue weighted by Gasteiger charge is 2.31. The fourth-order valence-corrected chi connectivity index (χ4v) is 2.48. The van der Waals surface area contributed by atoms with Gasteiger partial charge in [-0.25, -0.2) is 0 Å². The average Bonchev–Trinajstić information content (AvgIpc) is 2.25. The first-order valence-corrected chi connectivity index (χ1v) is 9.93. The predicted molar refractivity (Wildman–Crippen MR) is 74.2 cm³/mol. The maximum absolute atomic E-state index is 5.62. The molecule has 0 unspecified atom stereocenters. The zero-order chi connectivity index (χ0) is 12.9. The van der Waals surface area contributed by atoms with E-state index in [-0.39, 0.29) is 6.10 Å². The Morgan fingerprint density at radius 2 is 1.88 bits per heavy atom. The van der Waals surface area contributed by atoms with Crippen LogP contribution in [0.1, 0.15) is 12.5 Å². The molecule has 0 N–H and O–H groups in total. The van der Waals surface area contributed by atoms with Crippen LogP contribution in [0.4, 0.5) is 0 Å². The summed E-state index contributed by atoms with van der Waals surface area (Å²) in [7, 11) is 0. The summed E-state index contributed by atoms with van der Waals surface area (Å²) >= 11 is 16.9. The molecule has 0 aliphatic heterocycles. The van der Waals surface area contributed by atoms with Crippen LogP contribution in [0.25, 0.3) is 0 Å². The van der Waals surface area contributed by atoms with E-state index in [1.165, 1.54) is 0 Å². The smallest absolute Gasteiger partial charge is 0.510 e. The number of benzene rings is 1. The van der Waals surface area contributed by atoms with Crippen molar-refractivity contribution in [2.24, 2.45) is 0 Å². The van der Waals surface area contributed by atoms with Crippen LogP contribution in [0.2, 0.25) is 0 Å². The van der Waals surface area contributed by atoms with Gasteiger partial charge in [0.05, 0.1) is 6.61 Å². The minimum absolute atomic E-state index is 0.321. The predicted octanol–water partition coefficient (Wildman–Crippen LogP) is 4.27. The van der Waals surface area contributed by atoms with Gasteiger partial charge in [0.2, 0.25) is 0 Å². The van der Waals surface area contributed by atoms with Gasteiger partial charge in [0.15, 0.2) is 0 Å². The third-order valence-electron chi connectivity index (χ3n) is 2.04. The fraction of sp³-hybridized carbons (Fsp3) is 0.273. The second-order valence-electron chi connectivity index (χ2n) is 3.45. The molecule has 0 radical (unpaired) electrons. The van der Waals surface area contributed by atoms with Gasteiger partial charge in [-0.05, 0) is 12.5 Å². The van der Waals surface area contributed by atoms with Crippen molar-refractivity contribution in [2.45, 2.75) is 19.6 Å². The zero-order valence-corrected chi connectivity index (χ0v) is 12.6. The lowest BCUT2D eigenvalue weighted by Crippen LogP contribution is -2.22. The van der Waals surface area contributed by atoms with Gasteiger partial charge in [-0.2, -0.15) is 0 Å². The molecule has 0 aromatic heterocycles. The largest absolute Gasteiger partial charge is 0.555 e. The molecule has 1 aromatic rings. The van der Waals surface area contributed by atoms with E-state index in [0.717, 1.165) is 5.56 Å². The molecule has 0 saturated carbocycles. The van der Waals surface area contributed by atoms with Crippen LogP contribution in [0, 0.1) is 0 Å². The summed E-state index contributed by atoms with van der Waals surface area (Å²) < 4.78 is 10.7. The molecule has 0 amide bonds. The van der Waals surface area contributed by atoms with E-state index in [4.69, 9.17) is 42.4 Å². The molecular weight excluding hydrogens is 299 g/mol. The van der Waals surface area contributed by atoms with Crippen molar-refractivity contribution in [2.75, 3.05) is 0 Å². The molecule has 2 nitrogen and oxygen atoms in total. The van der Waals surface area contributed by atoms with Crippen LogP contribution >= 0.6 is 33.2 Å². The molecule has 0 spiro atoms. The Balaban J connectivity index is 2.40. The summed E-state index contributed by atoms with van der Waals surface area (Å²) in [6.45, 7) is 5.95. The van der Waals surface area contributed by atoms with Gasteiger partial charge in [0.1, 0.15) is 11.9 Å². The Hall–Kier alpha value is -0.193. The fourth-order valence-electron chi connectivity index (χ4n) is 1.12. The Labute approximate surface area is 116 Å². The van der Waals surface area contributed by atoms with Gasteiger partial charge < -0.3 is 9.16 Å². The average molecular weight is 312 g/mol. The normalized spacial score (nSPS) is 13.2. The molecule has 0 fully saturated rings. The first kappa shape index (κ1) is 14.9.